The number of thiazole rings is 1. The molecule has 0 bridgehead atoms. The summed E-state index contributed by atoms with van der Waals surface area (Å²) in [7, 11) is 0. The van der Waals surface area contributed by atoms with E-state index in [0.29, 0.717) is 6.54 Å². The van der Waals surface area contributed by atoms with Crippen LogP contribution in [0.2, 0.25) is 0 Å². The van der Waals surface area contributed by atoms with Crippen LogP contribution >= 0.6 is 11.3 Å². The van der Waals surface area contributed by atoms with Crippen LogP contribution in [0.15, 0.2) is 54.2 Å². The summed E-state index contributed by atoms with van der Waals surface area (Å²) in [6.45, 7) is 14.9. The van der Waals surface area contributed by atoms with Gasteiger partial charge in [0.2, 0.25) is 11.4 Å². The minimum Gasteiger partial charge on any atom is -0.493 e. The maximum absolute atomic E-state index is 12.7. The van der Waals surface area contributed by atoms with E-state index in [0.717, 1.165) is 36.6 Å². The highest BCUT2D eigenvalue weighted by Crippen LogP contribution is 2.33. The molecule has 1 aromatic heterocycles. The molecule has 2 aromatic carbocycles. The van der Waals surface area contributed by atoms with Crippen LogP contribution < -0.4 is 14.2 Å². The lowest BCUT2D eigenvalue weighted by atomic mass is 9.85. The molecule has 0 spiro atoms. The highest BCUT2D eigenvalue weighted by atomic mass is 32.1. The van der Waals surface area contributed by atoms with Gasteiger partial charge in [-0.25, -0.2) is 0 Å². The lowest BCUT2D eigenvalue weighted by molar-refractivity contribution is -0.683. The molecule has 236 valence electrons. The summed E-state index contributed by atoms with van der Waals surface area (Å²) in [6, 6.07) is 14.8. The molecule has 0 saturated heterocycles. The van der Waals surface area contributed by atoms with Crippen LogP contribution in [0.5, 0.6) is 5.75 Å². The SMILES string of the molecule is CCCCCCCCCCCCCCOc1ccc(CN(C(C)=O)c2ccc(C[n+]3csc(C)c3)cc2)cc1C(C)(C)C. The van der Waals surface area contributed by atoms with E-state index in [1.807, 2.05) is 4.90 Å². The molecule has 0 radical (unpaired) electrons. The van der Waals surface area contributed by atoms with Gasteiger partial charge in [-0.3, -0.25) is 4.79 Å². The van der Waals surface area contributed by atoms with Crippen molar-refractivity contribution in [2.45, 2.75) is 137 Å². The number of carbonyl (C=O) groups is 1. The summed E-state index contributed by atoms with van der Waals surface area (Å²) in [5.74, 6) is 1.01. The van der Waals surface area contributed by atoms with Gasteiger partial charge >= 0.3 is 0 Å². The first-order valence-electron chi connectivity index (χ1n) is 16.7. The summed E-state index contributed by atoms with van der Waals surface area (Å²) < 4.78 is 8.53. The molecule has 0 fully saturated rings. The molecule has 1 heterocycles. The molecular weight excluding hydrogens is 548 g/mol. The number of amides is 1. The number of hydrogen-bond acceptors (Lipinski definition) is 3. The van der Waals surface area contributed by atoms with E-state index in [2.05, 4.69) is 93.4 Å². The second kappa shape index (κ2) is 18.2. The minimum absolute atomic E-state index is 0.0418. The Balaban J connectivity index is 1.49. The van der Waals surface area contributed by atoms with Crippen molar-refractivity contribution in [1.82, 2.24) is 0 Å². The Bertz CT molecular complexity index is 1230. The van der Waals surface area contributed by atoms with Gasteiger partial charge in [0, 0.05) is 18.2 Å². The van der Waals surface area contributed by atoms with E-state index >= 15 is 0 Å². The standard InChI is InChI=1S/C38H57N2O2S/c1-7-8-9-10-11-12-13-14-15-16-17-18-25-42-37-24-21-34(26-36(37)38(4,5)6)29-40(32(3)41)35-22-19-33(20-23-35)28-39-27-31(2)43-30-39/h19-24,26-27,30H,7-18,25,28-29H2,1-6H3/q+1. The van der Waals surface area contributed by atoms with E-state index in [4.69, 9.17) is 4.74 Å². The zero-order chi connectivity index (χ0) is 31.1. The van der Waals surface area contributed by atoms with Crippen LogP contribution in [-0.2, 0) is 23.3 Å². The zero-order valence-electron chi connectivity index (χ0n) is 27.9. The minimum atomic E-state index is -0.0533. The predicted molar refractivity (Wildman–Crippen MR) is 183 cm³/mol. The van der Waals surface area contributed by atoms with Crippen molar-refractivity contribution < 1.29 is 14.1 Å². The molecule has 3 aromatic rings. The molecule has 0 saturated carbocycles. The molecule has 1 amide bonds. The van der Waals surface area contributed by atoms with E-state index in [1.165, 1.54) is 86.6 Å². The highest BCUT2D eigenvalue weighted by molar-refractivity contribution is 7.09. The summed E-state index contributed by atoms with van der Waals surface area (Å²) in [4.78, 5) is 15.9. The smallest absolute Gasteiger partial charge is 0.225 e. The van der Waals surface area contributed by atoms with Crippen LogP contribution in [0.3, 0.4) is 0 Å². The molecule has 0 aliphatic heterocycles. The molecule has 0 unspecified atom stereocenters. The normalized spacial score (nSPS) is 11.6. The molecule has 3 rings (SSSR count). The third-order valence-electron chi connectivity index (χ3n) is 8.16. The third kappa shape index (κ3) is 12.5. The summed E-state index contributed by atoms with van der Waals surface area (Å²) in [5, 5.41) is 0. The number of unbranched alkanes of at least 4 members (excludes halogenated alkanes) is 11. The van der Waals surface area contributed by atoms with Gasteiger partial charge in [-0.05, 0) is 54.2 Å². The number of rotatable bonds is 19. The van der Waals surface area contributed by atoms with Gasteiger partial charge in [0.15, 0.2) is 12.7 Å². The highest BCUT2D eigenvalue weighted by Gasteiger charge is 2.21. The molecule has 0 atom stereocenters. The lowest BCUT2D eigenvalue weighted by Gasteiger charge is -2.26. The number of ether oxygens (including phenoxy) is 1. The first-order valence-corrected chi connectivity index (χ1v) is 17.6. The van der Waals surface area contributed by atoms with Crippen molar-refractivity contribution in [2.24, 2.45) is 0 Å². The second-order valence-corrected chi connectivity index (χ2v) is 14.3. The maximum atomic E-state index is 12.7. The lowest BCUT2D eigenvalue weighted by Crippen LogP contribution is -2.31. The van der Waals surface area contributed by atoms with Crippen LogP contribution in [-0.4, -0.2) is 12.5 Å². The van der Waals surface area contributed by atoms with Gasteiger partial charge in [0.1, 0.15) is 5.75 Å². The molecule has 5 heteroatoms. The van der Waals surface area contributed by atoms with Gasteiger partial charge in [-0.1, -0.05) is 128 Å². The average Bonchev–Trinajstić information content (AvgIpc) is 3.38. The predicted octanol–water partition coefficient (Wildman–Crippen LogP) is 10.3. The number of nitrogens with zero attached hydrogens (tertiary/aromatic N) is 2. The number of hydrogen-bond donors (Lipinski definition) is 0. The van der Waals surface area contributed by atoms with Crippen molar-refractivity contribution in [3.05, 3.63) is 75.7 Å². The fourth-order valence-electron chi connectivity index (χ4n) is 5.60. The van der Waals surface area contributed by atoms with E-state index in [9.17, 15) is 4.79 Å². The van der Waals surface area contributed by atoms with Gasteiger partial charge in [-0.15, -0.1) is 0 Å². The number of benzene rings is 2. The number of aryl methyl sites for hydroxylation is 1. The molecule has 0 aliphatic carbocycles. The summed E-state index contributed by atoms with van der Waals surface area (Å²) in [5.41, 5.74) is 6.55. The Kier molecular flexibility index (Phi) is 14.8. The Labute approximate surface area is 266 Å². The fraction of sp³-hybridized carbons (Fsp3) is 0.579. The van der Waals surface area contributed by atoms with Crippen LogP contribution in [0, 0.1) is 6.92 Å². The van der Waals surface area contributed by atoms with Crippen molar-refractivity contribution >= 4 is 22.9 Å². The Hall–Kier alpha value is -2.66. The topological polar surface area (TPSA) is 33.4 Å². The zero-order valence-corrected chi connectivity index (χ0v) is 28.7. The molecule has 4 nitrogen and oxygen atoms in total. The molecule has 0 aliphatic rings. The van der Waals surface area contributed by atoms with Crippen molar-refractivity contribution in [3.63, 3.8) is 0 Å². The largest absolute Gasteiger partial charge is 0.493 e. The Morgan fingerprint density at radius 3 is 1.95 bits per heavy atom. The van der Waals surface area contributed by atoms with Crippen molar-refractivity contribution in [1.29, 1.82) is 0 Å². The fourth-order valence-corrected chi connectivity index (χ4v) is 6.23. The van der Waals surface area contributed by atoms with Gasteiger partial charge in [-0.2, -0.15) is 4.57 Å². The van der Waals surface area contributed by atoms with Crippen molar-refractivity contribution in [2.75, 3.05) is 11.5 Å². The second-order valence-electron chi connectivity index (χ2n) is 13.2. The van der Waals surface area contributed by atoms with Crippen molar-refractivity contribution in [3.8, 4) is 5.75 Å². The average molecular weight is 606 g/mol. The maximum Gasteiger partial charge on any atom is 0.225 e. The molecular formula is C38H57N2O2S+. The van der Waals surface area contributed by atoms with Gasteiger partial charge in [0.25, 0.3) is 0 Å². The van der Waals surface area contributed by atoms with Crippen LogP contribution in [0.25, 0.3) is 0 Å². The quantitative estimate of drug-likeness (QED) is 0.101. The first kappa shape index (κ1) is 34.8. The molecule has 0 N–H and O–H groups in total. The van der Waals surface area contributed by atoms with E-state index < -0.39 is 0 Å². The third-order valence-corrected chi connectivity index (χ3v) is 9.02. The van der Waals surface area contributed by atoms with E-state index in [1.54, 1.807) is 18.3 Å². The molecule has 43 heavy (non-hydrogen) atoms. The van der Waals surface area contributed by atoms with Crippen LogP contribution in [0.4, 0.5) is 5.69 Å². The Morgan fingerprint density at radius 2 is 1.42 bits per heavy atom. The van der Waals surface area contributed by atoms with Gasteiger partial charge in [0.05, 0.1) is 18.0 Å². The number of aromatic nitrogens is 1. The van der Waals surface area contributed by atoms with E-state index in [-0.39, 0.29) is 11.3 Å². The number of carbonyl (C=O) groups excluding carboxylic acids is 1. The van der Waals surface area contributed by atoms with Gasteiger partial charge < -0.3 is 9.64 Å². The van der Waals surface area contributed by atoms with Crippen LogP contribution in [0.1, 0.15) is 133 Å². The first-order chi connectivity index (χ1) is 20.7. The number of anilines is 1. The summed E-state index contributed by atoms with van der Waals surface area (Å²) in [6.07, 6.45) is 18.3. The Morgan fingerprint density at radius 1 is 0.837 bits per heavy atom. The summed E-state index contributed by atoms with van der Waals surface area (Å²) >= 11 is 1.75. The monoisotopic (exact) mass is 605 g/mol.